The number of nitrogens with zero attached hydrogens (tertiary/aromatic N) is 4. The molecule has 2 N–H and O–H groups in total. The largest absolute Gasteiger partial charge is 0.478 e. The molecule has 10 heteroatoms. The Hall–Kier alpha value is -3.95. The van der Waals surface area contributed by atoms with E-state index in [2.05, 4.69) is 20.3 Å². The molecule has 0 atom stereocenters. The number of aryl methyl sites for hydroxylation is 1. The number of halogens is 3. The smallest absolute Gasteiger partial charge is 0.417 e. The van der Waals surface area contributed by atoms with Crippen LogP contribution in [0, 0.1) is 6.92 Å². The van der Waals surface area contributed by atoms with Gasteiger partial charge in [0.25, 0.3) is 0 Å². The lowest BCUT2D eigenvalue weighted by Crippen LogP contribution is -2.07. The van der Waals surface area contributed by atoms with Gasteiger partial charge in [0.05, 0.1) is 28.2 Å². The van der Waals surface area contributed by atoms with Crippen molar-refractivity contribution in [2.24, 2.45) is 0 Å². The van der Waals surface area contributed by atoms with Gasteiger partial charge in [-0.15, -0.1) is 0 Å². The van der Waals surface area contributed by atoms with Gasteiger partial charge >= 0.3 is 12.1 Å². The molecule has 3 heterocycles. The van der Waals surface area contributed by atoms with Gasteiger partial charge in [-0.1, -0.05) is 0 Å². The summed E-state index contributed by atoms with van der Waals surface area (Å²) in [6.45, 7) is 1.69. The van der Waals surface area contributed by atoms with Crippen molar-refractivity contribution in [3.8, 4) is 11.4 Å². The standard InChI is InChI=1S/C20H14F3N5O2/c1-11-17(28-10-13(20(21,22)23)4-7-16(28)25-11)15-8-9-24-19(27-15)26-14-5-2-12(3-6-14)18(29)30/h2-10H,1H3,(H,29,30)(H,24,26,27). The summed E-state index contributed by atoms with van der Waals surface area (Å²) in [6, 6.07) is 9.87. The van der Waals surface area contributed by atoms with Crippen molar-refractivity contribution in [1.82, 2.24) is 19.4 Å². The third-order valence-corrected chi connectivity index (χ3v) is 4.41. The van der Waals surface area contributed by atoms with Crippen LogP contribution in [0.15, 0.2) is 54.9 Å². The number of benzene rings is 1. The second kappa shape index (κ2) is 7.14. The summed E-state index contributed by atoms with van der Waals surface area (Å²) in [5.74, 6) is -0.835. The van der Waals surface area contributed by atoms with Crippen molar-refractivity contribution in [3.63, 3.8) is 0 Å². The number of nitrogens with one attached hydrogen (secondary N) is 1. The molecule has 0 bridgehead atoms. The molecule has 1 aromatic carbocycles. The molecule has 152 valence electrons. The first kappa shape index (κ1) is 19.4. The lowest BCUT2D eigenvalue weighted by atomic mass is 10.2. The van der Waals surface area contributed by atoms with Gasteiger partial charge in [-0.05, 0) is 49.4 Å². The van der Waals surface area contributed by atoms with Crippen LogP contribution < -0.4 is 5.32 Å². The highest BCUT2D eigenvalue weighted by atomic mass is 19.4. The second-order valence-corrected chi connectivity index (χ2v) is 6.46. The van der Waals surface area contributed by atoms with Crippen molar-refractivity contribution in [3.05, 3.63) is 71.7 Å². The molecule has 0 amide bonds. The molecule has 3 aromatic heterocycles. The van der Waals surface area contributed by atoms with Gasteiger partial charge in [-0.25, -0.2) is 19.7 Å². The summed E-state index contributed by atoms with van der Waals surface area (Å²) in [5, 5.41) is 11.9. The van der Waals surface area contributed by atoms with E-state index in [-0.39, 0.29) is 11.5 Å². The second-order valence-electron chi connectivity index (χ2n) is 6.46. The van der Waals surface area contributed by atoms with E-state index in [4.69, 9.17) is 5.11 Å². The number of imidazole rings is 1. The number of carboxylic acids is 1. The van der Waals surface area contributed by atoms with Gasteiger partial charge in [0.2, 0.25) is 5.95 Å². The Bertz CT molecular complexity index is 1250. The highest BCUT2D eigenvalue weighted by molar-refractivity contribution is 5.88. The van der Waals surface area contributed by atoms with E-state index in [1.807, 2.05) is 0 Å². The number of hydrogen-bond donors (Lipinski definition) is 2. The molecule has 0 unspecified atom stereocenters. The van der Waals surface area contributed by atoms with E-state index in [1.165, 1.54) is 28.8 Å². The Labute approximate surface area is 167 Å². The predicted octanol–water partition coefficient (Wildman–Crippen LogP) is 4.56. The summed E-state index contributed by atoms with van der Waals surface area (Å²) in [5.41, 5.74) is 1.60. The Morgan fingerprint density at radius 2 is 1.80 bits per heavy atom. The third kappa shape index (κ3) is 3.66. The van der Waals surface area contributed by atoms with Crippen molar-refractivity contribution >= 4 is 23.3 Å². The third-order valence-electron chi connectivity index (χ3n) is 4.41. The van der Waals surface area contributed by atoms with Crippen LogP contribution in [0.25, 0.3) is 17.0 Å². The first-order valence-corrected chi connectivity index (χ1v) is 8.72. The summed E-state index contributed by atoms with van der Waals surface area (Å²) >= 11 is 0. The molecule has 0 saturated heterocycles. The fraction of sp³-hybridized carbons (Fsp3) is 0.100. The van der Waals surface area contributed by atoms with E-state index >= 15 is 0 Å². The van der Waals surface area contributed by atoms with Gasteiger partial charge in [0.1, 0.15) is 5.65 Å². The highest BCUT2D eigenvalue weighted by Crippen LogP contribution is 2.31. The van der Waals surface area contributed by atoms with Crippen molar-refractivity contribution in [1.29, 1.82) is 0 Å². The average Bonchev–Trinajstić information content (AvgIpc) is 3.03. The van der Waals surface area contributed by atoms with Crippen molar-refractivity contribution < 1.29 is 23.1 Å². The number of anilines is 2. The number of rotatable bonds is 4. The first-order chi connectivity index (χ1) is 14.2. The molecule has 0 spiro atoms. The summed E-state index contributed by atoms with van der Waals surface area (Å²) in [7, 11) is 0. The van der Waals surface area contributed by atoms with Crippen LogP contribution in [-0.4, -0.2) is 30.4 Å². The van der Waals surface area contributed by atoms with Crippen LogP contribution in [-0.2, 0) is 6.18 Å². The van der Waals surface area contributed by atoms with E-state index in [9.17, 15) is 18.0 Å². The molecule has 30 heavy (non-hydrogen) atoms. The van der Waals surface area contributed by atoms with E-state index in [0.29, 0.717) is 28.4 Å². The molecule has 0 aliphatic rings. The van der Waals surface area contributed by atoms with Crippen LogP contribution in [0.1, 0.15) is 21.6 Å². The SMILES string of the molecule is Cc1nc2ccc(C(F)(F)F)cn2c1-c1ccnc(Nc2ccc(C(=O)O)cc2)n1. The highest BCUT2D eigenvalue weighted by Gasteiger charge is 2.31. The minimum Gasteiger partial charge on any atom is -0.478 e. The molecule has 0 aliphatic heterocycles. The lowest BCUT2D eigenvalue weighted by Gasteiger charge is -2.10. The maximum atomic E-state index is 13.1. The number of aromatic nitrogens is 4. The number of alkyl halides is 3. The van der Waals surface area contributed by atoms with Gasteiger partial charge < -0.3 is 10.4 Å². The fourth-order valence-electron chi connectivity index (χ4n) is 3.01. The van der Waals surface area contributed by atoms with Gasteiger partial charge in [-0.3, -0.25) is 4.40 Å². The molecule has 0 aliphatic carbocycles. The summed E-state index contributed by atoms with van der Waals surface area (Å²) < 4.78 is 40.8. The Morgan fingerprint density at radius 3 is 2.47 bits per heavy atom. The van der Waals surface area contributed by atoms with Crippen LogP contribution in [0.4, 0.5) is 24.8 Å². The number of pyridine rings is 1. The molecule has 4 rings (SSSR count). The maximum Gasteiger partial charge on any atom is 0.417 e. The number of carbonyl (C=O) groups is 1. The Kier molecular flexibility index (Phi) is 4.61. The Balaban J connectivity index is 1.72. The molecule has 0 saturated carbocycles. The molecule has 0 radical (unpaired) electrons. The number of aromatic carboxylic acids is 1. The fourth-order valence-corrected chi connectivity index (χ4v) is 3.01. The monoisotopic (exact) mass is 413 g/mol. The number of fused-ring (bicyclic) bond motifs is 1. The maximum absolute atomic E-state index is 13.1. The number of carboxylic acid groups (broad SMARTS) is 1. The zero-order valence-corrected chi connectivity index (χ0v) is 15.5. The van der Waals surface area contributed by atoms with Crippen LogP contribution in [0.5, 0.6) is 0 Å². The first-order valence-electron chi connectivity index (χ1n) is 8.72. The van der Waals surface area contributed by atoms with Gasteiger partial charge in [-0.2, -0.15) is 13.2 Å². The summed E-state index contributed by atoms with van der Waals surface area (Å²) in [6.07, 6.45) is -2.02. The lowest BCUT2D eigenvalue weighted by molar-refractivity contribution is -0.137. The molecule has 4 aromatic rings. The van der Waals surface area contributed by atoms with Crippen LogP contribution in [0.2, 0.25) is 0 Å². The topological polar surface area (TPSA) is 92.4 Å². The average molecular weight is 413 g/mol. The molecular formula is C20H14F3N5O2. The quantitative estimate of drug-likeness (QED) is 0.510. The van der Waals surface area contributed by atoms with E-state index in [1.54, 1.807) is 25.1 Å². The van der Waals surface area contributed by atoms with Gasteiger partial charge in [0.15, 0.2) is 0 Å². The molecule has 0 fully saturated rings. The van der Waals surface area contributed by atoms with E-state index < -0.39 is 17.7 Å². The normalized spacial score (nSPS) is 11.6. The predicted molar refractivity (Wildman–Crippen MR) is 103 cm³/mol. The zero-order chi connectivity index (χ0) is 21.5. The van der Waals surface area contributed by atoms with Gasteiger partial charge in [0, 0.05) is 18.1 Å². The van der Waals surface area contributed by atoms with Crippen LogP contribution >= 0.6 is 0 Å². The van der Waals surface area contributed by atoms with Crippen molar-refractivity contribution in [2.45, 2.75) is 13.1 Å². The Morgan fingerprint density at radius 1 is 1.07 bits per heavy atom. The van der Waals surface area contributed by atoms with Crippen LogP contribution in [0.3, 0.4) is 0 Å². The summed E-state index contributed by atoms with van der Waals surface area (Å²) in [4.78, 5) is 23.8. The van der Waals surface area contributed by atoms with Crippen molar-refractivity contribution in [2.75, 3.05) is 5.32 Å². The number of hydrogen-bond acceptors (Lipinski definition) is 5. The molecular weight excluding hydrogens is 399 g/mol. The molecule has 7 nitrogen and oxygen atoms in total. The minimum absolute atomic E-state index is 0.136. The van der Waals surface area contributed by atoms with E-state index in [0.717, 1.165) is 12.3 Å². The minimum atomic E-state index is -4.48. The zero-order valence-electron chi connectivity index (χ0n) is 15.5.